The maximum absolute atomic E-state index is 12.5. The molecule has 2 atom stereocenters. The molecule has 1 radical (unpaired) electrons. The van der Waals surface area contributed by atoms with Crippen molar-refractivity contribution in [2.45, 2.75) is 18.5 Å². The van der Waals surface area contributed by atoms with Gasteiger partial charge in [0.25, 0.3) is 0 Å². The zero-order valence-electron chi connectivity index (χ0n) is 12.7. The quantitative estimate of drug-likeness (QED) is 0.849. The molecule has 1 aromatic heterocycles. The Morgan fingerprint density at radius 1 is 1.30 bits per heavy atom. The van der Waals surface area contributed by atoms with Crippen molar-refractivity contribution in [2.75, 3.05) is 7.11 Å². The molecule has 2 aromatic rings. The van der Waals surface area contributed by atoms with Gasteiger partial charge in [0.05, 0.1) is 13.2 Å². The van der Waals surface area contributed by atoms with Crippen LogP contribution in [0.5, 0.6) is 0 Å². The molecular formula is C16H18N3O3S. The number of ether oxygens (including phenoxy) is 1. The van der Waals surface area contributed by atoms with Gasteiger partial charge in [-0.15, -0.1) is 11.3 Å². The predicted molar refractivity (Wildman–Crippen MR) is 87.8 cm³/mol. The Morgan fingerprint density at radius 2 is 2.04 bits per heavy atom. The van der Waals surface area contributed by atoms with Crippen molar-refractivity contribution in [2.24, 2.45) is 0 Å². The number of alkyl carbamates (subject to hydrolysis) is 1. The number of hydrogen-bond acceptors (Lipinski definition) is 5. The fraction of sp³-hybridized carbons (Fsp3) is 0.250. The first kappa shape index (κ1) is 17.0. The van der Waals surface area contributed by atoms with E-state index in [1.165, 1.54) is 18.4 Å². The molecule has 2 N–H and O–H groups in total. The Morgan fingerprint density at radius 3 is 2.65 bits per heavy atom. The molecule has 0 spiro atoms. The number of nitrogens with one attached hydrogen (secondary N) is 2. The molecule has 0 aliphatic heterocycles. The summed E-state index contributed by atoms with van der Waals surface area (Å²) in [5.41, 5.74) is 0.930. The van der Waals surface area contributed by atoms with Gasteiger partial charge in [-0.2, -0.15) is 0 Å². The van der Waals surface area contributed by atoms with Gasteiger partial charge < -0.3 is 15.4 Å². The smallest absolute Gasteiger partial charge is 0.407 e. The minimum atomic E-state index is -0.755. The van der Waals surface area contributed by atoms with Crippen LogP contribution in [0.1, 0.15) is 16.6 Å². The summed E-state index contributed by atoms with van der Waals surface area (Å²) in [6.45, 7) is 3.88. The zero-order valence-corrected chi connectivity index (χ0v) is 13.5. The van der Waals surface area contributed by atoms with Gasteiger partial charge in [0, 0.05) is 18.0 Å². The summed E-state index contributed by atoms with van der Waals surface area (Å²) in [6.07, 6.45) is 1.35. The lowest BCUT2D eigenvalue weighted by Crippen LogP contribution is -2.48. The highest BCUT2D eigenvalue weighted by atomic mass is 32.1. The Balaban J connectivity index is 2.05. The minimum Gasteiger partial charge on any atom is -0.453 e. The van der Waals surface area contributed by atoms with Crippen molar-refractivity contribution in [3.05, 3.63) is 59.4 Å². The van der Waals surface area contributed by atoms with E-state index in [-0.39, 0.29) is 5.91 Å². The number of aromatic nitrogens is 1. The van der Waals surface area contributed by atoms with Crippen LogP contribution in [0.4, 0.5) is 4.79 Å². The molecule has 0 unspecified atom stereocenters. The van der Waals surface area contributed by atoms with E-state index in [9.17, 15) is 9.59 Å². The van der Waals surface area contributed by atoms with Gasteiger partial charge >= 0.3 is 6.09 Å². The molecule has 121 valence electrons. The van der Waals surface area contributed by atoms with Gasteiger partial charge in [-0.1, -0.05) is 30.3 Å². The van der Waals surface area contributed by atoms with Gasteiger partial charge in [0.2, 0.25) is 5.91 Å². The van der Waals surface area contributed by atoms with Gasteiger partial charge in [-0.05, 0) is 12.5 Å². The van der Waals surface area contributed by atoms with Crippen LogP contribution in [0.2, 0.25) is 0 Å². The lowest BCUT2D eigenvalue weighted by molar-refractivity contribution is -0.123. The minimum absolute atomic E-state index is 0.338. The summed E-state index contributed by atoms with van der Waals surface area (Å²) in [5, 5.41) is 7.82. The molecule has 0 saturated carbocycles. The largest absolute Gasteiger partial charge is 0.453 e. The first-order valence-corrected chi connectivity index (χ1v) is 7.89. The molecule has 2 rings (SSSR count). The van der Waals surface area contributed by atoms with Crippen LogP contribution in [-0.2, 0) is 16.0 Å². The second-order valence-corrected chi connectivity index (χ2v) is 5.74. The monoisotopic (exact) mass is 332 g/mol. The zero-order chi connectivity index (χ0) is 16.7. The summed E-state index contributed by atoms with van der Waals surface area (Å²) in [7, 11) is 1.26. The van der Waals surface area contributed by atoms with Crippen molar-refractivity contribution in [3.63, 3.8) is 0 Å². The third-order valence-electron chi connectivity index (χ3n) is 3.14. The maximum Gasteiger partial charge on any atom is 0.407 e. The molecule has 6 nitrogen and oxygen atoms in total. The molecule has 1 aromatic carbocycles. The van der Waals surface area contributed by atoms with Gasteiger partial charge in [-0.25, -0.2) is 9.78 Å². The average molecular weight is 332 g/mol. The molecule has 7 heteroatoms. The van der Waals surface area contributed by atoms with Crippen molar-refractivity contribution in [3.8, 4) is 0 Å². The van der Waals surface area contributed by atoms with Gasteiger partial charge in [-0.3, -0.25) is 4.79 Å². The van der Waals surface area contributed by atoms with Crippen LogP contribution in [0.3, 0.4) is 0 Å². The molecule has 0 aliphatic carbocycles. The summed E-state index contributed by atoms with van der Waals surface area (Å²) < 4.78 is 4.59. The number of carbonyl (C=O) groups is 2. The number of methoxy groups -OCH3 is 1. The second kappa shape index (κ2) is 8.28. The Hall–Kier alpha value is -2.41. The lowest BCUT2D eigenvalue weighted by Gasteiger charge is -2.20. The normalized spacial score (nSPS) is 13.0. The highest BCUT2D eigenvalue weighted by molar-refractivity contribution is 7.09. The van der Waals surface area contributed by atoms with Crippen molar-refractivity contribution in [1.29, 1.82) is 0 Å². The van der Waals surface area contributed by atoms with Crippen molar-refractivity contribution >= 4 is 23.3 Å². The van der Waals surface area contributed by atoms with Crippen LogP contribution < -0.4 is 10.6 Å². The Labute approximate surface area is 138 Å². The summed E-state index contributed by atoms with van der Waals surface area (Å²) in [4.78, 5) is 28.1. The molecular weight excluding hydrogens is 314 g/mol. The molecule has 23 heavy (non-hydrogen) atoms. The number of hydrogen-bond donors (Lipinski definition) is 2. The van der Waals surface area contributed by atoms with Crippen LogP contribution >= 0.6 is 11.3 Å². The van der Waals surface area contributed by atoms with Crippen LogP contribution in [0, 0.1) is 6.92 Å². The Kier molecular flexibility index (Phi) is 6.10. The van der Waals surface area contributed by atoms with E-state index in [4.69, 9.17) is 0 Å². The molecule has 1 heterocycles. The van der Waals surface area contributed by atoms with E-state index in [1.54, 1.807) is 6.20 Å². The van der Waals surface area contributed by atoms with Crippen LogP contribution in [-0.4, -0.2) is 30.1 Å². The number of benzene rings is 1. The number of amides is 2. The van der Waals surface area contributed by atoms with E-state index in [0.29, 0.717) is 11.4 Å². The number of nitrogens with zero attached hydrogens (tertiary/aromatic N) is 1. The predicted octanol–water partition coefficient (Wildman–Crippen LogP) is 2.10. The molecule has 0 bridgehead atoms. The topological polar surface area (TPSA) is 80.3 Å². The van der Waals surface area contributed by atoms with E-state index >= 15 is 0 Å². The highest BCUT2D eigenvalue weighted by Crippen LogP contribution is 2.14. The third kappa shape index (κ3) is 5.07. The highest BCUT2D eigenvalue weighted by Gasteiger charge is 2.23. The number of rotatable bonds is 6. The summed E-state index contributed by atoms with van der Waals surface area (Å²) in [5.74, 6) is -0.338. The number of thiazole rings is 1. The molecule has 2 amide bonds. The Bertz CT molecular complexity index is 631. The van der Waals surface area contributed by atoms with E-state index in [2.05, 4.69) is 27.3 Å². The van der Waals surface area contributed by atoms with Gasteiger partial charge in [0.1, 0.15) is 11.0 Å². The van der Waals surface area contributed by atoms with Crippen molar-refractivity contribution < 1.29 is 14.3 Å². The number of carbonyl (C=O) groups excluding carboxylic acids is 2. The van der Waals surface area contributed by atoms with Crippen molar-refractivity contribution in [1.82, 2.24) is 15.6 Å². The summed E-state index contributed by atoms with van der Waals surface area (Å²) >= 11 is 1.41. The summed E-state index contributed by atoms with van der Waals surface area (Å²) in [6, 6.07) is 8.20. The van der Waals surface area contributed by atoms with E-state index in [0.717, 1.165) is 5.56 Å². The van der Waals surface area contributed by atoms with Gasteiger partial charge in [0.15, 0.2) is 0 Å². The van der Waals surface area contributed by atoms with E-state index in [1.807, 2.05) is 35.7 Å². The van der Waals surface area contributed by atoms with Crippen LogP contribution in [0.15, 0.2) is 41.9 Å². The fourth-order valence-corrected chi connectivity index (χ4v) is 2.61. The first-order valence-electron chi connectivity index (χ1n) is 7.01. The first-order chi connectivity index (χ1) is 11.1. The lowest BCUT2D eigenvalue weighted by atomic mass is 10.1. The molecule has 0 saturated heterocycles. The third-order valence-corrected chi connectivity index (χ3v) is 4.03. The maximum atomic E-state index is 12.5. The average Bonchev–Trinajstić information content (AvgIpc) is 3.09. The fourth-order valence-electron chi connectivity index (χ4n) is 2.00. The van der Waals surface area contributed by atoms with E-state index < -0.39 is 18.2 Å². The van der Waals surface area contributed by atoms with Crippen LogP contribution in [0.25, 0.3) is 0 Å². The standard InChI is InChI=1S/C16H18N3O3S/c1-11(15-17-8-9-23-15)18-14(20)13(19-16(21)22-2)10-12-6-4-3-5-7-12/h3-9,11,13H,1,10H2,2H3,(H,18,20)(H,19,21)/t11-,13-/m0/s1. The molecule has 0 aliphatic rings. The second-order valence-electron chi connectivity index (χ2n) is 4.81. The molecule has 0 fully saturated rings. The SMILES string of the molecule is [CH2][C@H](NC(=O)[C@H](Cc1ccccc1)NC(=O)OC)c1nccs1.